The highest BCUT2D eigenvalue weighted by molar-refractivity contribution is 7.71. The quantitative estimate of drug-likeness (QED) is 0.668. The van der Waals surface area contributed by atoms with E-state index in [1.54, 1.807) is 0 Å². The van der Waals surface area contributed by atoms with Crippen LogP contribution in [0.1, 0.15) is 11.4 Å². The number of rotatable bonds is 3. The zero-order valence-corrected chi connectivity index (χ0v) is 13.1. The lowest BCUT2D eigenvalue weighted by atomic mass is 10.2. The Morgan fingerprint density at radius 2 is 1.71 bits per heavy atom. The van der Waals surface area contributed by atoms with Crippen LogP contribution < -0.4 is 0 Å². The summed E-state index contributed by atoms with van der Waals surface area (Å²) in [5, 5.41) is 5.25. The topological polar surface area (TPSA) is 22.8 Å². The second-order valence-corrected chi connectivity index (χ2v) is 5.59. The zero-order chi connectivity index (χ0) is 14.8. The van der Waals surface area contributed by atoms with Crippen molar-refractivity contribution < 1.29 is 0 Å². The summed E-state index contributed by atoms with van der Waals surface area (Å²) in [6.45, 7) is 2.62. The van der Waals surface area contributed by atoms with Crippen molar-refractivity contribution in [2.45, 2.75) is 13.5 Å². The molecular weight excluding hydrogens is 302 g/mol. The first-order chi connectivity index (χ1) is 10.1. The lowest BCUT2D eigenvalue weighted by Gasteiger charge is -2.04. The maximum Gasteiger partial charge on any atom is 0.202 e. The van der Waals surface area contributed by atoms with Crippen LogP contribution in [0.15, 0.2) is 54.6 Å². The van der Waals surface area contributed by atoms with Crippen LogP contribution >= 0.6 is 23.8 Å². The summed E-state index contributed by atoms with van der Waals surface area (Å²) in [5.41, 5.74) is 2.15. The van der Waals surface area contributed by atoms with Gasteiger partial charge in [-0.1, -0.05) is 41.9 Å². The van der Waals surface area contributed by atoms with Crippen LogP contribution in [0.4, 0.5) is 0 Å². The first-order valence-corrected chi connectivity index (χ1v) is 7.40. The Morgan fingerprint density at radius 3 is 2.38 bits per heavy atom. The third-order valence-electron chi connectivity index (χ3n) is 3.26. The SMILES string of the molecule is Cc1nn(Cc2ccccc2)c(=S)n1-c1ccc(Cl)cc1. The highest BCUT2D eigenvalue weighted by atomic mass is 35.5. The van der Waals surface area contributed by atoms with Crippen LogP contribution in [0.3, 0.4) is 0 Å². The van der Waals surface area contributed by atoms with Crippen molar-refractivity contribution >= 4 is 23.8 Å². The summed E-state index contributed by atoms with van der Waals surface area (Å²) in [5.74, 6) is 0.859. The molecule has 0 saturated carbocycles. The second-order valence-electron chi connectivity index (χ2n) is 4.78. The first-order valence-electron chi connectivity index (χ1n) is 6.61. The molecule has 1 heterocycles. The summed E-state index contributed by atoms with van der Waals surface area (Å²) in [4.78, 5) is 0. The average Bonchev–Trinajstić information content (AvgIpc) is 2.76. The number of nitrogens with zero attached hydrogens (tertiary/aromatic N) is 3. The molecule has 21 heavy (non-hydrogen) atoms. The highest BCUT2D eigenvalue weighted by Crippen LogP contribution is 2.16. The summed E-state index contributed by atoms with van der Waals surface area (Å²) in [7, 11) is 0. The second kappa shape index (κ2) is 5.84. The molecular formula is C16H14ClN3S. The van der Waals surface area contributed by atoms with Gasteiger partial charge in [0.1, 0.15) is 5.82 Å². The Morgan fingerprint density at radius 1 is 1.05 bits per heavy atom. The number of aromatic nitrogens is 3. The van der Waals surface area contributed by atoms with Gasteiger partial charge in [-0.15, -0.1) is 0 Å². The minimum absolute atomic E-state index is 0.668. The molecule has 3 rings (SSSR count). The molecule has 3 nitrogen and oxygen atoms in total. The smallest absolute Gasteiger partial charge is 0.202 e. The van der Waals surface area contributed by atoms with Gasteiger partial charge in [-0.05, 0) is 49.0 Å². The van der Waals surface area contributed by atoms with E-state index < -0.39 is 0 Å². The average molecular weight is 316 g/mol. The Labute approximate surface area is 133 Å². The number of hydrogen-bond donors (Lipinski definition) is 0. The standard InChI is InChI=1S/C16H14ClN3S/c1-12-18-19(11-13-5-3-2-4-6-13)16(21)20(12)15-9-7-14(17)8-10-15/h2-10H,11H2,1H3. The van der Waals surface area contributed by atoms with Gasteiger partial charge in [0.25, 0.3) is 0 Å². The van der Waals surface area contributed by atoms with Crippen LogP contribution in [0.2, 0.25) is 5.02 Å². The molecule has 0 unspecified atom stereocenters. The third-order valence-corrected chi connectivity index (χ3v) is 3.91. The van der Waals surface area contributed by atoms with E-state index in [1.807, 2.05) is 58.6 Å². The van der Waals surface area contributed by atoms with Gasteiger partial charge >= 0.3 is 0 Å². The van der Waals surface area contributed by atoms with Crippen molar-refractivity contribution in [1.82, 2.24) is 14.3 Å². The number of halogens is 1. The number of benzene rings is 2. The Bertz CT molecular complexity index is 804. The van der Waals surface area contributed by atoms with Crippen LogP contribution in [0.25, 0.3) is 5.69 Å². The van der Waals surface area contributed by atoms with Crippen molar-refractivity contribution in [3.8, 4) is 5.69 Å². The number of hydrogen-bond acceptors (Lipinski definition) is 2. The minimum atomic E-state index is 0.668. The van der Waals surface area contributed by atoms with Crippen LogP contribution in [0.5, 0.6) is 0 Å². The molecule has 0 saturated heterocycles. The molecule has 0 radical (unpaired) electrons. The first kappa shape index (κ1) is 14.0. The van der Waals surface area contributed by atoms with E-state index in [0.29, 0.717) is 16.3 Å². The van der Waals surface area contributed by atoms with Crippen molar-refractivity contribution in [2.24, 2.45) is 0 Å². The summed E-state index contributed by atoms with van der Waals surface area (Å²) in [6.07, 6.45) is 0. The zero-order valence-electron chi connectivity index (χ0n) is 11.5. The summed E-state index contributed by atoms with van der Waals surface area (Å²) < 4.78 is 4.47. The normalized spacial score (nSPS) is 10.8. The van der Waals surface area contributed by atoms with Gasteiger partial charge < -0.3 is 0 Å². The molecule has 0 amide bonds. The maximum absolute atomic E-state index is 5.94. The molecule has 0 fully saturated rings. The van der Waals surface area contributed by atoms with Gasteiger partial charge in [0.05, 0.1) is 6.54 Å². The molecule has 0 aliphatic heterocycles. The molecule has 0 atom stereocenters. The molecule has 106 valence electrons. The highest BCUT2D eigenvalue weighted by Gasteiger charge is 2.09. The Balaban J connectivity index is 2.01. The van der Waals surface area contributed by atoms with E-state index in [2.05, 4.69) is 17.2 Å². The lowest BCUT2D eigenvalue weighted by Crippen LogP contribution is -2.03. The molecule has 0 N–H and O–H groups in total. The summed E-state index contributed by atoms with van der Waals surface area (Å²) >= 11 is 11.5. The van der Waals surface area contributed by atoms with E-state index in [4.69, 9.17) is 23.8 Å². The third kappa shape index (κ3) is 2.91. The fourth-order valence-corrected chi connectivity index (χ4v) is 2.73. The van der Waals surface area contributed by atoms with Crippen molar-refractivity contribution in [3.05, 3.63) is 75.8 Å². The molecule has 0 aliphatic carbocycles. The van der Waals surface area contributed by atoms with E-state index in [-0.39, 0.29) is 0 Å². The van der Waals surface area contributed by atoms with E-state index >= 15 is 0 Å². The molecule has 0 spiro atoms. The van der Waals surface area contributed by atoms with Crippen LogP contribution in [-0.4, -0.2) is 14.3 Å². The predicted octanol–water partition coefficient (Wildman–Crippen LogP) is 4.41. The summed E-state index contributed by atoms with van der Waals surface area (Å²) in [6, 6.07) is 17.8. The van der Waals surface area contributed by atoms with Gasteiger partial charge in [0.15, 0.2) is 0 Å². The molecule has 0 aliphatic rings. The molecule has 2 aromatic carbocycles. The van der Waals surface area contributed by atoms with Crippen LogP contribution in [-0.2, 0) is 6.54 Å². The largest absolute Gasteiger partial charge is 0.272 e. The predicted molar refractivity (Wildman–Crippen MR) is 87.7 cm³/mol. The molecule has 5 heteroatoms. The molecule has 3 aromatic rings. The van der Waals surface area contributed by atoms with E-state index in [0.717, 1.165) is 11.5 Å². The van der Waals surface area contributed by atoms with E-state index in [1.165, 1.54) is 5.56 Å². The number of aryl methyl sites for hydroxylation is 1. The lowest BCUT2D eigenvalue weighted by molar-refractivity contribution is 0.668. The van der Waals surface area contributed by atoms with Gasteiger partial charge in [-0.25, -0.2) is 4.68 Å². The molecule has 0 bridgehead atoms. The van der Waals surface area contributed by atoms with Gasteiger partial charge in [-0.2, -0.15) is 5.10 Å². The van der Waals surface area contributed by atoms with Crippen molar-refractivity contribution in [3.63, 3.8) is 0 Å². The van der Waals surface area contributed by atoms with Gasteiger partial charge in [0.2, 0.25) is 4.77 Å². The Kier molecular flexibility index (Phi) is 3.90. The minimum Gasteiger partial charge on any atom is -0.272 e. The Hall–Kier alpha value is -1.91. The van der Waals surface area contributed by atoms with Crippen molar-refractivity contribution in [1.29, 1.82) is 0 Å². The van der Waals surface area contributed by atoms with Gasteiger partial charge in [-0.3, -0.25) is 4.57 Å². The van der Waals surface area contributed by atoms with E-state index in [9.17, 15) is 0 Å². The van der Waals surface area contributed by atoms with Crippen LogP contribution in [0, 0.1) is 11.7 Å². The fraction of sp³-hybridized carbons (Fsp3) is 0.125. The maximum atomic E-state index is 5.94. The monoisotopic (exact) mass is 315 g/mol. The van der Waals surface area contributed by atoms with Crippen molar-refractivity contribution in [2.75, 3.05) is 0 Å². The molecule has 1 aromatic heterocycles. The van der Waals surface area contributed by atoms with Gasteiger partial charge in [0, 0.05) is 10.7 Å². The fourth-order valence-electron chi connectivity index (χ4n) is 2.26.